The summed E-state index contributed by atoms with van der Waals surface area (Å²) in [6.07, 6.45) is 1.07. The molecule has 4 rings (SSSR count). The molecule has 24 heavy (non-hydrogen) atoms. The molecule has 3 aromatic rings. The monoisotopic (exact) mass is 331 g/mol. The molecule has 1 nitrogen and oxygen atoms in total. The Morgan fingerprint density at radius 2 is 1.29 bits per heavy atom. The van der Waals surface area contributed by atoms with Crippen molar-refractivity contribution >= 4 is 28.8 Å². The van der Waals surface area contributed by atoms with Gasteiger partial charge in [0.2, 0.25) is 0 Å². The number of rotatable bonds is 2. The van der Waals surface area contributed by atoms with Crippen molar-refractivity contribution in [3.63, 3.8) is 0 Å². The topological polar surface area (TPSA) is 3.24 Å². The van der Waals surface area contributed by atoms with Gasteiger partial charge in [0.05, 0.1) is 11.4 Å². The molecule has 0 fully saturated rings. The Morgan fingerprint density at radius 3 is 1.79 bits per heavy atom. The molecular formula is C22H21NS. The summed E-state index contributed by atoms with van der Waals surface area (Å²) in [5.74, 6) is 0. The van der Waals surface area contributed by atoms with Crippen molar-refractivity contribution in [1.82, 2.24) is 0 Å². The number of fused-ring (bicyclic) bond motifs is 2. The van der Waals surface area contributed by atoms with Crippen LogP contribution in [0.25, 0.3) is 0 Å². The zero-order chi connectivity index (χ0) is 16.7. The minimum atomic E-state index is 1.07. The predicted molar refractivity (Wildman–Crippen MR) is 104 cm³/mol. The van der Waals surface area contributed by atoms with Crippen LogP contribution in [-0.2, 0) is 6.42 Å². The molecule has 3 aromatic carbocycles. The van der Waals surface area contributed by atoms with Gasteiger partial charge in [0.25, 0.3) is 0 Å². The zero-order valence-electron chi connectivity index (χ0n) is 14.3. The summed E-state index contributed by atoms with van der Waals surface area (Å²) >= 11 is 1.88. The average molecular weight is 331 g/mol. The highest BCUT2D eigenvalue weighted by atomic mass is 32.2. The molecule has 0 saturated heterocycles. The Kier molecular flexibility index (Phi) is 3.85. The molecule has 0 unspecified atom stereocenters. The fourth-order valence-electron chi connectivity index (χ4n) is 3.18. The van der Waals surface area contributed by atoms with Gasteiger partial charge in [-0.2, -0.15) is 0 Å². The molecule has 0 N–H and O–H groups in total. The third kappa shape index (κ3) is 2.61. The first-order valence-electron chi connectivity index (χ1n) is 8.44. The van der Waals surface area contributed by atoms with E-state index in [9.17, 15) is 0 Å². The van der Waals surface area contributed by atoms with Crippen molar-refractivity contribution in [2.24, 2.45) is 0 Å². The molecule has 0 aliphatic carbocycles. The zero-order valence-corrected chi connectivity index (χ0v) is 15.2. The van der Waals surface area contributed by atoms with E-state index >= 15 is 0 Å². The minimum absolute atomic E-state index is 1.07. The maximum Gasteiger partial charge on any atom is 0.0601 e. The Bertz CT molecular complexity index is 845. The van der Waals surface area contributed by atoms with Gasteiger partial charge < -0.3 is 4.90 Å². The molecule has 0 aromatic heterocycles. The maximum absolute atomic E-state index is 2.39. The highest BCUT2D eigenvalue weighted by Gasteiger charge is 2.24. The van der Waals surface area contributed by atoms with Gasteiger partial charge in [-0.25, -0.2) is 0 Å². The lowest BCUT2D eigenvalue weighted by Gasteiger charge is -2.33. The van der Waals surface area contributed by atoms with Gasteiger partial charge in [0, 0.05) is 15.5 Å². The molecular weight excluding hydrogens is 310 g/mol. The third-order valence-corrected chi connectivity index (χ3v) is 5.63. The second-order valence-electron chi connectivity index (χ2n) is 6.40. The number of anilines is 3. The molecule has 120 valence electrons. The van der Waals surface area contributed by atoms with Gasteiger partial charge in [0.1, 0.15) is 0 Å². The van der Waals surface area contributed by atoms with Gasteiger partial charge in [-0.1, -0.05) is 43.0 Å². The van der Waals surface area contributed by atoms with E-state index in [0.29, 0.717) is 0 Å². The summed E-state index contributed by atoms with van der Waals surface area (Å²) in [7, 11) is 0. The third-order valence-electron chi connectivity index (χ3n) is 4.54. The number of nitrogens with zero attached hydrogens (tertiary/aromatic N) is 1. The van der Waals surface area contributed by atoms with Crippen molar-refractivity contribution in [1.29, 1.82) is 0 Å². The van der Waals surface area contributed by atoms with E-state index in [1.807, 2.05) is 11.8 Å². The first kappa shape index (κ1) is 15.3. The molecule has 0 saturated carbocycles. The molecule has 0 bridgehead atoms. The van der Waals surface area contributed by atoms with Crippen LogP contribution in [0.2, 0.25) is 0 Å². The van der Waals surface area contributed by atoms with Gasteiger partial charge in [0.15, 0.2) is 0 Å². The summed E-state index contributed by atoms with van der Waals surface area (Å²) in [5, 5.41) is 0. The largest absolute Gasteiger partial charge is 0.308 e. The summed E-state index contributed by atoms with van der Waals surface area (Å²) < 4.78 is 0. The van der Waals surface area contributed by atoms with E-state index in [2.05, 4.69) is 86.3 Å². The van der Waals surface area contributed by atoms with Crippen LogP contribution >= 0.6 is 11.8 Å². The second kappa shape index (κ2) is 6.03. The molecule has 0 spiro atoms. The minimum Gasteiger partial charge on any atom is -0.308 e. The summed E-state index contributed by atoms with van der Waals surface area (Å²) in [6.45, 7) is 6.52. The maximum atomic E-state index is 2.39. The van der Waals surface area contributed by atoms with Crippen molar-refractivity contribution in [3.05, 3.63) is 77.4 Å². The molecule has 1 heterocycles. The quantitative estimate of drug-likeness (QED) is 0.397. The van der Waals surface area contributed by atoms with Crippen molar-refractivity contribution in [3.8, 4) is 0 Å². The van der Waals surface area contributed by atoms with Gasteiger partial charge >= 0.3 is 0 Å². The lowest BCUT2D eigenvalue weighted by Crippen LogP contribution is -2.15. The highest BCUT2D eigenvalue weighted by molar-refractivity contribution is 7.99. The average Bonchev–Trinajstić information content (AvgIpc) is 2.59. The Morgan fingerprint density at radius 1 is 0.750 bits per heavy atom. The van der Waals surface area contributed by atoms with Crippen LogP contribution in [0, 0.1) is 13.8 Å². The van der Waals surface area contributed by atoms with Crippen molar-refractivity contribution < 1.29 is 0 Å². The standard InChI is InChI=1S/C22H21NS/c1-4-17-7-9-18(10-8-17)23-19-11-5-15(2)13-21(19)24-22-14-16(3)6-12-20(22)23/h5-14H,4H2,1-3H3. The van der Waals surface area contributed by atoms with E-state index in [0.717, 1.165) is 6.42 Å². The van der Waals surface area contributed by atoms with Crippen LogP contribution in [0.15, 0.2) is 70.5 Å². The molecule has 1 aliphatic heterocycles. The number of aryl methyl sites for hydroxylation is 3. The van der Waals surface area contributed by atoms with E-state index in [4.69, 9.17) is 0 Å². The Balaban J connectivity index is 1.91. The summed E-state index contributed by atoms with van der Waals surface area (Å²) in [4.78, 5) is 5.04. The lowest BCUT2D eigenvalue weighted by atomic mass is 10.1. The van der Waals surface area contributed by atoms with Crippen LogP contribution in [0.3, 0.4) is 0 Å². The van der Waals surface area contributed by atoms with E-state index in [-0.39, 0.29) is 0 Å². The van der Waals surface area contributed by atoms with Gasteiger partial charge in [-0.05, 0) is 73.4 Å². The van der Waals surface area contributed by atoms with Crippen LogP contribution in [0.5, 0.6) is 0 Å². The van der Waals surface area contributed by atoms with Crippen LogP contribution in [0.4, 0.5) is 17.1 Å². The summed E-state index contributed by atoms with van der Waals surface area (Å²) in [6, 6.07) is 22.4. The fraction of sp³-hybridized carbons (Fsp3) is 0.182. The normalized spacial score (nSPS) is 12.7. The van der Waals surface area contributed by atoms with Crippen molar-refractivity contribution in [2.45, 2.75) is 37.0 Å². The highest BCUT2D eigenvalue weighted by Crippen LogP contribution is 2.51. The first-order valence-corrected chi connectivity index (χ1v) is 9.25. The SMILES string of the molecule is CCc1ccc(N2c3ccc(C)cc3Sc3cc(C)ccc32)cc1. The van der Waals surface area contributed by atoms with Crippen LogP contribution in [0.1, 0.15) is 23.6 Å². The lowest BCUT2D eigenvalue weighted by molar-refractivity contribution is 1.12. The van der Waals surface area contributed by atoms with Crippen molar-refractivity contribution in [2.75, 3.05) is 4.90 Å². The van der Waals surface area contributed by atoms with Gasteiger partial charge in [-0.3, -0.25) is 0 Å². The Hall–Kier alpha value is -2.19. The second-order valence-corrected chi connectivity index (χ2v) is 7.48. The number of benzene rings is 3. The Labute approximate surface area is 148 Å². The molecule has 2 heteroatoms. The smallest absolute Gasteiger partial charge is 0.0601 e. The molecule has 1 aliphatic rings. The van der Waals surface area contributed by atoms with E-state index in [1.165, 1.54) is 43.5 Å². The predicted octanol–water partition coefficient (Wildman–Crippen LogP) is 6.80. The molecule has 0 amide bonds. The fourth-order valence-corrected chi connectivity index (χ4v) is 4.44. The number of hydrogen-bond acceptors (Lipinski definition) is 2. The first-order chi connectivity index (χ1) is 11.7. The van der Waals surface area contributed by atoms with Crippen LogP contribution < -0.4 is 4.90 Å². The number of hydrogen-bond donors (Lipinski definition) is 0. The summed E-state index contributed by atoms with van der Waals surface area (Å²) in [5.41, 5.74) is 7.75. The van der Waals surface area contributed by atoms with Crippen LogP contribution in [-0.4, -0.2) is 0 Å². The van der Waals surface area contributed by atoms with Gasteiger partial charge in [-0.15, -0.1) is 0 Å². The molecule has 0 atom stereocenters. The van der Waals surface area contributed by atoms with E-state index < -0.39 is 0 Å². The van der Waals surface area contributed by atoms with E-state index in [1.54, 1.807) is 0 Å². The molecule has 0 radical (unpaired) electrons.